The lowest BCUT2D eigenvalue weighted by Crippen LogP contribution is -2.37. The van der Waals surface area contributed by atoms with Crippen LogP contribution in [0.4, 0.5) is 13.2 Å². The Labute approximate surface area is 89.5 Å². The third-order valence-electron chi connectivity index (χ3n) is 1.76. The minimum Gasteiger partial charge on any atom is -0.459 e. The highest BCUT2D eigenvalue weighted by molar-refractivity contribution is 5.75. The van der Waals surface area contributed by atoms with Gasteiger partial charge in [0.05, 0.1) is 0 Å². The molecule has 1 N–H and O–H groups in total. The lowest BCUT2D eigenvalue weighted by Gasteiger charge is -2.13. The number of alkyl halides is 3. The number of hydrogen-bond acceptors (Lipinski definition) is 3. The smallest absolute Gasteiger partial charge is 0.425 e. The topological polar surface area (TPSA) is 46.5 Å². The van der Waals surface area contributed by atoms with E-state index in [-0.39, 0.29) is 6.61 Å². The maximum Gasteiger partial charge on any atom is 0.425 e. The van der Waals surface area contributed by atoms with E-state index in [9.17, 15) is 18.0 Å². The molecule has 16 heavy (non-hydrogen) atoms. The Morgan fingerprint density at radius 2 is 1.88 bits per heavy atom. The van der Waals surface area contributed by atoms with Gasteiger partial charge in [-0.15, -0.1) is 0 Å². The number of halogens is 3. The second-order valence-electron chi connectivity index (χ2n) is 3.04. The highest BCUT2D eigenvalue weighted by atomic mass is 19.4. The summed E-state index contributed by atoms with van der Waals surface area (Å²) in [5, 5.41) is 8.53. The Hall–Kier alpha value is -1.56. The molecule has 1 aromatic carbocycles. The molecule has 0 aliphatic rings. The molecule has 0 radical (unpaired) electrons. The molecule has 0 unspecified atom stereocenters. The van der Waals surface area contributed by atoms with Gasteiger partial charge < -0.3 is 9.84 Å². The number of esters is 1. The number of aliphatic hydroxyl groups is 1. The van der Waals surface area contributed by atoms with Crippen LogP contribution in [0, 0.1) is 0 Å². The Morgan fingerprint density at radius 1 is 1.31 bits per heavy atom. The first-order valence-corrected chi connectivity index (χ1v) is 4.36. The Morgan fingerprint density at radius 3 is 2.38 bits per heavy atom. The first kappa shape index (κ1) is 12.5. The molecular weight excluding hydrogens is 225 g/mol. The maximum atomic E-state index is 11.9. The molecule has 0 saturated heterocycles. The van der Waals surface area contributed by atoms with Crippen LogP contribution in [0.1, 0.15) is 5.56 Å². The summed E-state index contributed by atoms with van der Waals surface area (Å²) < 4.78 is 39.9. The Balaban J connectivity index is 2.48. The van der Waals surface area contributed by atoms with Crippen molar-refractivity contribution in [2.75, 3.05) is 0 Å². The van der Waals surface area contributed by atoms with Crippen LogP contribution in [0.25, 0.3) is 0 Å². The van der Waals surface area contributed by atoms with E-state index in [0.717, 1.165) is 0 Å². The fraction of sp³-hybridized carbons (Fsp3) is 0.300. The number of carbonyl (C=O) groups excluding carboxylic acids is 1. The van der Waals surface area contributed by atoms with Crippen molar-refractivity contribution in [1.82, 2.24) is 0 Å². The first-order valence-electron chi connectivity index (χ1n) is 4.36. The summed E-state index contributed by atoms with van der Waals surface area (Å²) in [6.45, 7) is -0.299. The second kappa shape index (κ2) is 4.98. The minimum atomic E-state index is -4.99. The van der Waals surface area contributed by atoms with Crippen molar-refractivity contribution in [2.45, 2.75) is 18.9 Å². The van der Waals surface area contributed by atoms with Gasteiger partial charge in [0.25, 0.3) is 0 Å². The van der Waals surface area contributed by atoms with Crippen molar-refractivity contribution in [2.24, 2.45) is 0 Å². The molecule has 3 nitrogen and oxygen atoms in total. The SMILES string of the molecule is O=C(OCc1ccccc1)[C@@H](O)C(F)(F)F. The Bertz CT molecular complexity index is 348. The van der Waals surface area contributed by atoms with E-state index in [1.54, 1.807) is 30.3 Å². The summed E-state index contributed by atoms with van der Waals surface area (Å²) in [5.74, 6) is -1.70. The fourth-order valence-electron chi connectivity index (χ4n) is 0.941. The molecular formula is C10H9F3O3. The molecule has 6 heteroatoms. The standard InChI is InChI=1S/C10H9F3O3/c11-10(12,13)8(14)9(15)16-6-7-4-2-1-3-5-7/h1-5,8,14H,6H2/t8-/m1/s1. The van der Waals surface area contributed by atoms with Crippen LogP contribution < -0.4 is 0 Å². The van der Waals surface area contributed by atoms with E-state index in [2.05, 4.69) is 4.74 Å². The predicted octanol–water partition coefficient (Wildman–Crippen LogP) is 1.65. The molecule has 0 bridgehead atoms. The van der Waals surface area contributed by atoms with Crippen LogP contribution in [0.3, 0.4) is 0 Å². The van der Waals surface area contributed by atoms with E-state index in [1.165, 1.54) is 0 Å². The average Bonchev–Trinajstić information content (AvgIpc) is 2.25. The first-order chi connectivity index (χ1) is 7.41. The van der Waals surface area contributed by atoms with Crippen molar-refractivity contribution in [1.29, 1.82) is 0 Å². The number of aliphatic hydroxyl groups excluding tert-OH is 1. The van der Waals surface area contributed by atoms with Crippen LogP contribution >= 0.6 is 0 Å². The van der Waals surface area contributed by atoms with E-state index < -0.39 is 18.2 Å². The van der Waals surface area contributed by atoms with E-state index in [0.29, 0.717) is 5.56 Å². The van der Waals surface area contributed by atoms with Crippen molar-refractivity contribution >= 4 is 5.97 Å². The maximum absolute atomic E-state index is 11.9. The molecule has 0 aliphatic carbocycles. The van der Waals surface area contributed by atoms with E-state index in [1.807, 2.05) is 0 Å². The number of carbonyl (C=O) groups is 1. The van der Waals surface area contributed by atoms with Gasteiger partial charge in [0.1, 0.15) is 6.61 Å². The molecule has 0 fully saturated rings. The number of benzene rings is 1. The molecule has 0 aliphatic heterocycles. The van der Waals surface area contributed by atoms with Gasteiger partial charge in [-0.05, 0) is 5.56 Å². The van der Waals surface area contributed by atoms with Crippen molar-refractivity contribution in [3.63, 3.8) is 0 Å². The average molecular weight is 234 g/mol. The van der Waals surface area contributed by atoms with Gasteiger partial charge >= 0.3 is 12.1 Å². The van der Waals surface area contributed by atoms with Gasteiger partial charge in [0.2, 0.25) is 6.10 Å². The van der Waals surface area contributed by atoms with Crippen LogP contribution in [0.2, 0.25) is 0 Å². The quantitative estimate of drug-likeness (QED) is 0.809. The van der Waals surface area contributed by atoms with Gasteiger partial charge in [-0.3, -0.25) is 0 Å². The lowest BCUT2D eigenvalue weighted by molar-refractivity contribution is -0.218. The number of hydrogen-bond donors (Lipinski definition) is 1. The van der Waals surface area contributed by atoms with Crippen molar-refractivity contribution in [3.05, 3.63) is 35.9 Å². The zero-order valence-electron chi connectivity index (χ0n) is 8.07. The third kappa shape index (κ3) is 3.54. The van der Waals surface area contributed by atoms with Gasteiger partial charge in [-0.2, -0.15) is 13.2 Å². The van der Waals surface area contributed by atoms with Gasteiger partial charge in [-0.25, -0.2) is 4.79 Å². The summed E-state index contributed by atoms with van der Waals surface area (Å²) >= 11 is 0. The molecule has 0 heterocycles. The van der Waals surface area contributed by atoms with Crippen LogP contribution in [0.5, 0.6) is 0 Å². The monoisotopic (exact) mass is 234 g/mol. The van der Waals surface area contributed by atoms with Crippen LogP contribution in [0.15, 0.2) is 30.3 Å². The summed E-state index contributed by atoms with van der Waals surface area (Å²) in [5.41, 5.74) is 0.547. The van der Waals surface area contributed by atoms with Gasteiger partial charge in [0.15, 0.2) is 0 Å². The highest BCUT2D eigenvalue weighted by Gasteiger charge is 2.44. The Kier molecular flexibility index (Phi) is 3.89. The molecule has 1 atom stereocenters. The third-order valence-corrected chi connectivity index (χ3v) is 1.76. The van der Waals surface area contributed by atoms with E-state index >= 15 is 0 Å². The van der Waals surface area contributed by atoms with Crippen LogP contribution in [-0.4, -0.2) is 23.4 Å². The van der Waals surface area contributed by atoms with Crippen LogP contribution in [-0.2, 0) is 16.1 Å². The normalized spacial score (nSPS) is 13.2. The minimum absolute atomic E-state index is 0.299. The number of ether oxygens (including phenoxy) is 1. The molecule has 1 rings (SSSR count). The number of rotatable bonds is 3. The molecule has 0 amide bonds. The second-order valence-corrected chi connectivity index (χ2v) is 3.04. The van der Waals surface area contributed by atoms with Crippen molar-refractivity contribution < 1.29 is 27.8 Å². The lowest BCUT2D eigenvalue weighted by atomic mass is 10.2. The zero-order chi connectivity index (χ0) is 12.2. The van der Waals surface area contributed by atoms with E-state index in [4.69, 9.17) is 5.11 Å². The molecule has 0 spiro atoms. The summed E-state index contributed by atoms with van der Waals surface area (Å²) in [6, 6.07) is 8.21. The fourth-order valence-corrected chi connectivity index (χ4v) is 0.941. The largest absolute Gasteiger partial charge is 0.459 e. The summed E-state index contributed by atoms with van der Waals surface area (Å²) in [7, 11) is 0. The molecule has 0 saturated carbocycles. The molecule has 88 valence electrons. The predicted molar refractivity (Wildman–Crippen MR) is 48.3 cm³/mol. The zero-order valence-corrected chi connectivity index (χ0v) is 8.07. The highest BCUT2D eigenvalue weighted by Crippen LogP contribution is 2.21. The summed E-state index contributed by atoms with van der Waals surface area (Å²) in [4.78, 5) is 10.8. The molecule has 1 aromatic rings. The molecule has 0 aromatic heterocycles. The van der Waals surface area contributed by atoms with Gasteiger partial charge in [0, 0.05) is 0 Å². The summed E-state index contributed by atoms with van der Waals surface area (Å²) in [6.07, 6.45) is -8.08. The van der Waals surface area contributed by atoms with Crippen molar-refractivity contribution in [3.8, 4) is 0 Å². The van der Waals surface area contributed by atoms with Gasteiger partial charge in [-0.1, -0.05) is 30.3 Å².